The summed E-state index contributed by atoms with van der Waals surface area (Å²) in [6.07, 6.45) is 8.41. The standard InChI is InChI=1S/C26H36N4O3/c1-17-14-30(15-18(2)33-17)22-9-7-21(8-10-22)28-26-27-13-24(20-5-6-20)25(29-26)32-16-19-3-11-23(31)12-4-19/h7-10,13,17-20,23,31H,3-6,11-12,14-16H2,1-2H3,(H,27,28,29)/t17-,18+,19?,23?. The molecule has 7 nitrogen and oxygen atoms in total. The lowest BCUT2D eigenvalue weighted by Gasteiger charge is -2.36. The van der Waals surface area contributed by atoms with Crippen molar-refractivity contribution in [3.63, 3.8) is 0 Å². The van der Waals surface area contributed by atoms with E-state index < -0.39 is 0 Å². The fourth-order valence-electron chi connectivity index (χ4n) is 5.01. The molecule has 1 aliphatic heterocycles. The Bertz CT molecular complexity index is 916. The highest BCUT2D eigenvalue weighted by Gasteiger charge is 2.29. The van der Waals surface area contributed by atoms with E-state index in [9.17, 15) is 5.11 Å². The summed E-state index contributed by atoms with van der Waals surface area (Å²) >= 11 is 0. The summed E-state index contributed by atoms with van der Waals surface area (Å²) in [6.45, 7) is 6.72. The fraction of sp³-hybridized carbons (Fsp3) is 0.615. The molecule has 178 valence electrons. The summed E-state index contributed by atoms with van der Waals surface area (Å²) in [5, 5.41) is 13.1. The summed E-state index contributed by atoms with van der Waals surface area (Å²) in [4.78, 5) is 11.7. The number of aliphatic hydroxyl groups excluding tert-OH is 1. The first-order valence-corrected chi connectivity index (χ1v) is 12.5. The van der Waals surface area contributed by atoms with Crippen molar-refractivity contribution >= 4 is 17.3 Å². The molecule has 1 aromatic heterocycles. The first-order chi connectivity index (χ1) is 16.0. The van der Waals surface area contributed by atoms with Crippen LogP contribution in [0.2, 0.25) is 0 Å². The van der Waals surface area contributed by atoms with E-state index in [1.165, 1.54) is 18.5 Å². The second kappa shape index (κ2) is 9.85. The van der Waals surface area contributed by atoms with Gasteiger partial charge in [0.1, 0.15) is 0 Å². The maximum Gasteiger partial charge on any atom is 0.230 e. The zero-order chi connectivity index (χ0) is 22.8. The maximum atomic E-state index is 9.75. The molecule has 2 saturated carbocycles. The molecule has 3 fully saturated rings. The number of rotatable bonds is 7. The van der Waals surface area contributed by atoms with Crippen molar-refractivity contribution in [1.29, 1.82) is 0 Å². The number of hydrogen-bond donors (Lipinski definition) is 2. The Morgan fingerprint density at radius 2 is 1.73 bits per heavy atom. The van der Waals surface area contributed by atoms with E-state index in [1.54, 1.807) is 0 Å². The molecule has 1 aromatic carbocycles. The number of nitrogens with one attached hydrogen (secondary N) is 1. The molecule has 2 atom stereocenters. The van der Waals surface area contributed by atoms with Gasteiger partial charge in [-0.25, -0.2) is 4.98 Å². The number of hydrogen-bond acceptors (Lipinski definition) is 7. The number of ether oxygens (including phenoxy) is 2. The molecule has 0 spiro atoms. The lowest BCUT2D eigenvalue weighted by Crippen LogP contribution is -2.45. The Hall–Kier alpha value is -2.38. The van der Waals surface area contributed by atoms with Gasteiger partial charge in [-0.3, -0.25) is 0 Å². The molecule has 5 rings (SSSR count). The van der Waals surface area contributed by atoms with Gasteiger partial charge >= 0.3 is 0 Å². The van der Waals surface area contributed by atoms with Crippen molar-refractivity contribution in [1.82, 2.24) is 9.97 Å². The normalized spacial score (nSPS) is 27.9. The molecule has 1 saturated heterocycles. The van der Waals surface area contributed by atoms with Crippen molar-refractivity contribution < 1.29 is 14.6 Å². The highest BCUT2D eigenvalue weighted by Crippen LogP contribution is 2.44. The van der Waals surface area contributed by atoms with E-state index in [1.807, 2.05) is 6.20 Å². The van der Waals surface area contributed by atoms with Gasteiger partial charge in [-0.05, 0) is 88.5 Å². The molecule has 0 radical (unpaired) electrons. The van der Waals surface area contributed by atoms with Crippen LogP contribution in [0.5, 0.6) is 5.88 Å². The molecule has 2 heterocycles. The predicted octanol–water partition coefficient (Wildman–Crippen LogP) is 4.64. The Kier molecular flexibility index (Phi) is 6.69. The van der Waals surface area contributed by atoms with E-state index in [-0.39, 0.29) is 18.3 Å². The SMILES string of the molecule is C[C@@H]1CN(c2ccc(Nc3ncc(C4CC4)c(OCC4CCC(O)CC4)n3)cc2)C[C@H](C)O1. The third kappa shape index (κ3) is 5.76. The Morgan fingerprint density at radius 1 is 1.03 bits per heavy atom. The van der Waals surface area contributed by atoms with Gasteiger partial charge in [0.2, 0.25) is 11.8 Å². The molecule has 0 bridgehead atoms. The highest BCUT2D eigenvalue weighted by atomic mass is 16.5. The molecular formula is C26H36N4O3. The van der Waals surface area contributed by atoms with Crippen molar-refractivity contribution in [3.05, 3.63) is 36.0 Å². The van der Waals surface area contributed by atoms with Gasteiger partial charge in [-0.2, -0.15) is 4.98 Å². The van der Waals surface area contributed by atoms with Crippen LogP contribution in [0, 0.1) is 5.92 Å². The molecule has 3 aliphatic rings. The second-order valence-electron chi connectivity index (χ2n) is 10.0. The van der Waals surface area contributed by atoms with Gasteiger partial charge in [0.25, 0.3) is 0 Å². The Balaban J connectivity index is 1.24. The third-order valence-electron chi connectivity index (χ3n) is 6.98. The van der Waals surface area contributed by atoms with Crippen molar-refractivity contribution in [2.45, 2.75) is 76.6 Å². The fourth-order valence-corrected chi connectivity index (χ4v) is 5.01. The van der Waals surface area contributed by atoms with Crippen molar-refractivity contribution in [2.24, 2.45) is 5.92 Å². The smallest absolute Gasteiger partial charge is 0.230 e. The third-order valence-corrected chi connectivity index (χ3v) is 6.98. The number of nitrogens with zero attached hydrogens (tertiary/aromatic N) is 3. The number of aliphatic hydroxyl groups is 1. The Morgan fingerprint density at radius 3 is 2.39 bits per heavy atom. The molecular weight excluding hydrogens is 416 g/mol. The topological polar surface area (TPSA) is 79.7 Å². The van der Waals surface area contributed by atoms with E-state index in [0.29, 0.717) is 30.3 Å². The molecule has 2 N–H and O–H groups in total. The number of aromatic nitrogens is 2. The van der Waals surface area contributed by atoms with Crippen LogP contribution in [0.15, 0.2) is 30.5 Å². The van der Waals surface area contributed by atoms with Crippen LogP contribution in [0.4, 0.5) is 17.3 Å². The zero-order valence-electron chi connectivity index (χ0n) is 19.7. The average Bonchev–Trinajstić information content (AvgIpc) is 3.64. The molecule has 7 heteroatoms. The highest BCUT2D eigenvalue weighted by molar-refractivity contribution is 5.60. The molecule has 0 unspecified atom stereocenters. The van der Waals surface area contributed by atoms with Crippen LogP contribution < -0.4 is 15.0 Å². The van der Waals surface area contributed by atoms with Crippen LogP contribution in [0.25, 0.3) is 0 Å². The largest absolute Gasteiger partial charge is 0.477 e. The minimum Gasteiger partial charge on any atom is -0.477 e. The number of morpholine rings is 1. The van der Waals surface area contributed by atoms with Crippen molar-refractivity contribution in [3.8, 4) is 5.88 Å². The Labute approximate surface area is 196 Å². The maximum absolute atomic E-state index is 9.75. The average molecular weight is 453 g/mol. The first kappa shape index (κ1) is 22.4. The van der Waals surface area contributed by atoms with E-state index in [2.05, 4.69) is 53.3 Å². The minimum atomic E-state index is -0.139. The van der Waals surface area contributed by atoms with Gasteiger partial charge < -0.3 is 24.8 Å². The van der Waals surface area contributed by atoms with E-state index >= 15 is 0 Å². The number of anilines is 3. The van der Waals surface area contributed by atoms with Crippen LogP contribution in [0.1, 0.15) is 63.9 Å². The molecule has 2 aromatic rings. The van der Waals surface area contributed by atoms with Gasteiger partial charge in [0, 0.05) is 36.2 Å². The van der Waals surface area contributed by atoms with Crippen molar-refractivity contribution in [2.75, 3.05) is 29.9 Å². The molecule has 2 aliphatic carbocycles. The van der Waals surface area contributed by atoms with Crippen LogP contribution >= 0.6 is 0 Å². The quantitative estimate of drug-likeness (QED) is 0.633. The summed E-state index contributed by atoms with van der Waals surface area (Å²) in [7, 11) is 0. The summed E-state index contributed by atoms with van der Waals surface area (Å²) in [5.74, 6) is 2.30. The minimum absolute atomic E-state index is 0.139. The monoisotopic (exact) mass is 452 g/mol. The van der Waals surface area contributed by atoms with E-state index in [0.717, 1.165) is 50.0 Å². The molecule has 0 amide bonds. The van der Waals surface area contributed by atoms with Crippen LogP contribution in [-0.2, 0) is 4.74 Å². The van der Waals surface area contributed by atoms with Crippen LogP contribution in [0.3, 0.4) is 0 Å². The number of benzene rings is 1. The second-order valence-corrected chi connectivity index (χ2v) is 10.0. The van der Waals surface area contributed by atoms with Gasteiger partial charge in [-0.15, -0.1) is 0 Å². The molecule has 33 heavy (non-hydrogen) atoms. The van der Waals surface area contributed by atoms with Gasteiger partial charge in [0.15, 0.2) is 0 Å². The van der Waals surface area contributed by atoms with Crippen LogP contribution in [-0.4, -0.2) is 53.1 Å². The lowest BCUT2D eigenvalue weighted by atomic mass is 9.88. The predicted molar refractivity (Wildman–Crippen MR) is 129 cm³/mol. The van der Waals surface area contributed by atoms with E-state index in [4.69, 9.17) is 14.5 Å². The van der Waals surface area contributed by atoms with Gasteiger partial charge in [-0.1, -0.05) is 0 Å². The zero-order valence-corrected chi connectivity index (χ0v) is 19.7. The summed E-state index contributed by atoms with van der Waals surface area (Å²) in [5.41, 5.74) is 3.29. The summed E-state index contributed by atoms with van der Waals surface area (Å²) in [6, 6.07) is 8.43. The van der Waals surface area contributed by atoms with Gasteiger partial charge in [0.05, 0.1) is 24.9 Å². The lowest BCUT2D eigenvalue weighted by molar-refractivity contribution is -0.00521. The summed E-state index contributed by atoms with van der Waals surface area (Å²) < 4.78 is 12.1. The first-order valence-electron chi connectivity index (χ1n) is 12.5.